The van der Waals surface area contributed by atoms with E-state index in [1.54, 1.807) is 12.1 Å². The molecule has 170 valence electrons. The number of carbonyl (C=O) groups is 1. The van der Waals surface area contributed by atoms with Crippen LogP contribution in [0.4, 0.5) is 5.69 Å². The summed E-state index contributed by atoms with van der Waals surface area (Å²) in [5.74, 6) is 1.08. The van der Waals surface area contributed by atoms with Crippen molar-refractivity contribution >= 4 is 11.5 Å². The maximum atomic E-state index is 13.3. The number of Topliss-reactive ketones (excluding diaryl/α,β-unsaturated/α-hetero) is 1. The highest BCUT2D eigenvalue weighted by atomic mass is 16.5. The average molecular weight is 446 g/mol. The van der Waals surface area contributed by atoms with Gasteiger partial charge in [-0.3, -0.25) is 9.69 Å². The molecule has 0 aromatic heterocycles. The molecule has 2 N–H and O–H groups in total. The molecule has 1 heterocycles. The summed E-state index contributed by atoms with van der Waals surface area (Å²) < 4.78 is 16.5. The van der Waals surface area contributed by atoms with Crippen LogP contribution < -0.4 is 24.8 Å². The van der Waals surface area contributed by atoms with Crippen molar-refractivity contribution in [1.82, 2.24) is 0 Å². The van der Waals surface area contributed by atoms with Crippen molar-refractivity contribution in [3.63, 3.8) is 0 Å². The molecule has 0 fully saturated rings. The second-order valence-electron chi connectivity index (χ2n) is 8.11. The summed E-state index contributed by atoms with van der Waals surface area (Å²) in [6, 6.07) is 13.7. The molecular weight excluding hydrogens is 418 g/mol. The summed E-state index contributed by atoms with van der Waals surface area (Å²) in [5, 5.41) is 10.2. The number of hydrogen-bond acceptors (Lipinski definition) is 7. The number of anilines is 1. The maximum Gasteiger partial charge on any atom is 0.203 e. The van der Waals surface area contributed by atoms with Gasteiger partial charge in [0.1, 0.15) is 5.82 Å². The number of ether oxygens (including phenoxy) is 3. The molecule has 2 aromatic rings. The number of ketones is 1. The Labute approximate surface area is 193 Å². The monoisotopic (exact) mass is 445 g/mol. The van der Waals surface area contributed by atoms with Crippen molar-refractivity contribution in [1.29, 1.82) is 5.26 Å². The van der Waals surface area contributed by atoms with Crippen LogP contribution in [-0.4, -0.2) is 27.1 Å². The average Bonchev–Trinajstić information content (AvgIpc) is 2.82. The molecule has 0 spiro atoms. The first-order valence-electron chi connectivity index (χ1n) is 10.8. The van der Waals surface area contributed by atoms with E-state index in [4.69, 9.17) is 19.9 Å². The molecule has 4 rings (SSSR count). The summed E-state index contributed by atoms with van der Waals surface area (Å²) in [5.41, 5.74) is 11.0. The van der Waals surface area contributed by atoms with E-state index in [0.717, 1.165) is 23.4 Å². The van der Waals surface area contributed by atoms with Crippen molar-refractivity contribution < 1.29 is 19.0 Å². The summed E-state index contributed by atoms with van der Waals surface area (Å²) in [6.45, 7) is 2.00. The van der Waals surface area contributed by atoms with Crippen molar-refractivity contribution in [3.05, 3.63) is 70.2 Å². The molecule has 33 heavy (non-hydrogen) atoms. The first-order chi connectivity index (χ1) is 15.9. The van der Waals surface area contributed by atoms with Gasteiger partial charge in [0.25, 0.3) is 0 Å². The number of hydrogen-bond donors (Lipinski definition) is 1. The zero-order chi connectivity index (χ0) is 23.7. The predicted molar refractivity (Wildman–Crippen MR) is 125 cm³/mol. The highest BCUT2D eigenvalue weighted by molar-refractivity contribution is 6.01. The van der Waals surface area contributed by atoms with Gasteiger partial charge in [0.2, 0.25) is 5.75 Å². The summed E-state index contributed by atoms with van der Waals surface area (Å²) >= 11 is 0. The largest absolute Gasteiger partial charge is 0.493 e. The molecule has 1 atom stereocenters. The van der Waals surface area contributed by atoms with Crippen molar-refractivity contribution in [2.45, 2.75) is 32.1 Å². The molecule has 7 heteroatoms. The van der Waals surface area contributed by atoms with E-state index in [1.165, 1.54) is 21.3 Å². The summed E-state index contributed by atoms with van der Waals surface area (Å²) in [6.07, 6.45) is 1.85. The van der Waals surface area contributed by atoms with Crippen LogP contribution in [-0.2, 0) is 4.79 Å². The number of nitrogens with two attached hydrogens (primary N) is 1. The zero-order valence-corrected chi connectivity index (χ0v) is 19.3. The van der Waals surface area contributed by atoms with Crippen molar-refractivity contribution in [2.24, 2.45) is 5.73 Å². The van der Waals surface area contributed by atoms with Gasteiger partial charge in [-0.1, -0.05) is 12.1 Å². The van der Waals surface area contributed by atoms with E-state index in [2.05, 4.69) is 6.07 Å². The lowest BCUT2D eigenvalue weighted by atomic mass is 9.75. The summed E-state index contributed by atoms with van der Waals surface area (Å²) in [7, 11) is 4.60. The van der Waals surface area contributed by atoms with Gasteiger partial charge < -0.3 is 19.9 Å². The van der Waals surface area contributed by atoms with E-state index in [1.807, 2.05) is 36.1 Å². The van der Waals surface area contributed by atoms with Gasteiger partial charge in [-0.25, -0.2) is 0 Å². The Hall–Kier alpha value is -3.92. The van der Waals surface area contributed by atoms with E-state index < -0.39 is 5.92 Å². The molecule has 0 unspecified atom stereocenters. The fourth-order valence-electron chi connectivity index (χ4n) is 4.75. The lowest BCUT2D eigenvalue weighted by molar-refractivity contribution is -0.116. The molecule has 1 aliphatic heterocycles. The molecule has 1 aliphatic carbocycles. The first-order valence-corrected chi connectivity index (χ1v) is 10.8. The number of benzene rings is 2. The number of nitriles is 1. The smallest absolute Gasteiger partial charge is 0.203 e. The summed E-state index contributed by atoms with van der Waals surface area (Å²) in [4.78, 5) is 15.2. The Kier molecular flexibility index (Phi) is 6.01. The lowest BCUT2D eigenvalue weighted by Gasteiger charge is -2.39. The highest BCUT2D eigenvalue weighted by Crippen LogP contribution is 2.49. The molecule has 0 amide bonds. The Morgan fingerprint density at radius 1 is 1.06 bits per heavy atom. The van der Waals surface area contributed by atoms with Crippen LogP contribution >= 0.6 is 0 Å². The highest BCUT2D eigenvalue weighted by Gasteiger charge is 2.41. The van der Waals surface area contributed by atoms with Gasteiger partial charge >= 0.3 is 0 Å². The number of methoxy groups -OCH3 is 3. The molecule has 0 saturated carbocycles. The zero-order valence-electron chi connectivity index (χ0n) is 19.3. The quantitative estimate of drug-likeness (QED) is 0.732. The van der Waals surface area contributed by atoms with Crippen LogP contribution in [0.2, 0.25) is 0 Å². The van der Waals surface area contributed by atoms with Gasteiger partial charge in [-0.05, 0) is 55.2 Å². The predicted octanol–water partition coefficient (Wildman–Crippen LogP) is 4.33. The Morgan fingerprint density at radius 3 is 2.33 bits per heavy atom. The molecule has 0 radical (unpaired) electrons. The molecular formula is C26H27N3O4. The standard InChI is InChI=1S/C26H27N3O4/c1-15-7-5-8-17(11-15)29-19-9-6-10-20(30)24(19)23(18(14-27)26(29)28)16-12-21(31-2)25(33-4)22(13-16)32-3/h5,7-8,11-13,23H,6,9-10,28H2,1-4H3/t23-/m0/s1. The number of rotatable bonds is 5. The van der Waals surface area contributed by atoms with Crippen LogP contribution in [0.1, 0.15) is 36.3 Å². The normalized spacial score (nSPS) is 18.1. The van der Waals surface area contributed by atoms with Crippen LogP contribution in [0, 0.1) is 18.3 Å². The van der Waals surface area contributed by atoms with Crippen LogP contribution in [0.15, 0.2) is 59.1 Å². The van der Waals surface area contributed by atoms with Gasteiger partial charge in [0, 0.05) is 23.4 Å². The maximum absolute atomic E-state index is 13.3. The van der Waals surface area contributed by atoms with Crippen LogP contribution in [0.25, 0.3) is 0 Å². The number of nitrogens with zero attached hydrogens (tertiary/aromatic N) is 2. The third-order valence-electron chi connectivity index (χ3n) is 6.19. The van der Waals surface area contributed by atoms with Crippen molar-refractivity contribution in [2.75, 3.05) is 26.2 Å². The van der Waals surface area contributed by atoms with E-state index >= 15 is 0 Å². The fraction of sp³-hybridized carbons (Fsp3) is 0.308. The molecule has 0 bridgehead atoms. The van der Waals surface area contributed by atoms with Gasteiger partial charge in [-0.15, -0.1) is 0 Å². The van der Waals surface area contributed by atoms with E-state index in [0.29, 0.717) is 52.6 Å². The molecule has 7 nitrogen and oxygen atoms in total. The first kappa shape index (κ1) is 22.3. The van der Waals surface area contributed by atoms with Gasteiger partial charge in [0.15, 0.2) is 17.3 Å². The Balaban J connectivity index is 1.99. The minimum absolute atomic E-state index is 0.0212. The topological polar surface area (TPSA) is 97.8 Å². The third-order valence-corrected chi connectivity index (χ3v) is 6.19. The van der Waals surface area contributed by atoms with Crippen molar-refractivity contribution in [3.8, 4) is 23.3 Å². The van der Waals surface area contributed by atoms with E-state index in [9.17, 15) is 10.1 Å². The second kappa shape index (κ2) is 8.91. The lowest BCUT2D eigenvalue weighted by Crippen LogP contribution is -2.38. The van der Waals surface area contributed by atoms with Crippen LogP contribution in [0.5, 0.6) is 17.2 Å². The van der Waals surface area contributed by atoms with Crippen LogP contribution in [0.3, 0.4) is 0 Å². The fourth-order valence-corrected chi connectivity index (χ4v) is 4.75. The third kappa shape index (κ3) is 3.68. The van der Waals surface area contributed by atoms with E-state index in [-0.39, 0.29) is 5.78 Å². The second-order valence-corrected chi connectivity index (χ2v) is 8.11. The molecule has 2 aliphatic rings. The SMILES string of the molecule is COc1cc([C@H]2C(C#N)=C(N)N(c3cccc(C)c3)C3=C2C(=O)CCC3)cc(OC)c1OC. The minimum atomic E-state index is -0.618. The molecule has 0 saturated heterocycles. The Morgan fingerprint density at radius 2 is 1.76 bits per heavy atom. The number of allylic oxidation sites excluding steroid dienone is 3. The number of aryl methyl sites for hydroxylation is 1. The minimum Gasteiger partial charge on any atom is -0.493 e. The van der Waals surface area contributed by atoms with Gasteiger partial charge in [0.05, 0.1) is 38.9 Å². The Bertz CT molecular complexity index is 1200. The number of carbonyl (C=O) groups excluding carboxylic acids is 1. The molecule has 2 aromatic carbocycles. The van der Waals surface area contributed by atoms with Gasteiger partial charge in [-0.2, -0.15) is 5.26 Å².